The second-order valence-corrected chi connectivity index (χ2v) is 6.67. The summed E-state index contributed by atoms with van der Waals surface area (Å²) in [5, 5.41) is 21.8. The Bertz CT molecular complexity index is 1070. The van der Waals surface area contributed by atoms with Crippen molar-refractivity contribution in [3.05, 3.63) is 52.1 Å². The molecular weight excluding hydrogens is 366 g/mol. The lowest BCUT2D eigenvalue weighted by molar-refractivity contribution is -0.0432. The van der Waals surface area contributed by atoms with E-state index in [2.05, 4.69) is 20.3 Å². The summed E-state index contributed by atoms with van der Waals surface area (Å²) in [6, 6.07) is 6.97. The lowest BCUT2D eigenvalue weighted by Gasteiger charge is -2.13. The number of aliphatic hydroxyl groups is 2. The number of ether oxygens (including phenoxy) is 1. The predicted molar refractivity (Wildman–Crippen MR) is 98.9 cm³/mol. The van der Waals surface area contributed by atoms with Crippen LogP contribution in [0.2, 0.25) is 0 Å². The monoisotopic (exact) mass is 385 g/mol. The van der Waals surface area contributed by atoms with Gasteiger partial charge in [-0.05, 0) is 19.1 Å². The molecule has 1 aliphatic heterocycles. The molecule has 1 saturated heterocycles. The SMILES string of the molecule is Cc1ccc(C(=O)Nc2nc3c(ncn3[C@H]3C[C@H](O)[C@@H](CO)O3)c(=O)[nH]2)cc1. The van der Waals surface area contributed by atoms with E-state index in [0.29, 0.717) is 5.56 Å². The van der Waals surface area contributed by atoms with E-state index in [-0.39, 0.29) is 30.1 Å². The van der Waals surface area contributed by atoms with Crippen LogP contribution in [0.1, 0.15) is 28.6 Å². The third-order valence-corrected chi connectivity index (χ3v) is 4.67. The first-order chi connectivity index (χ1) is 13.5. The largest absolute Gasteiger partial charge is 0.394 e. The molecule has 0 bridgehead atoms. The minimum absolute atomic E-state index is 0.0259. The topological polar surface area (TPSA) is 142 Å². The van der Waals surface area contributed by atoms with Gasteiger partial charge in [0.25, 0.3) is 11.5 Å². The van der Waals surface area contributed by atoms with Crippen LogP contribution in [0.5, 0.6) is 0 Å². The van der Waals surface area contributed by atoms with Crippen molar-refractivity contribution in [2.24, 2.45) is 0 Å². The highest BCUT2D eigenvalue weighted by Gasteiger charge is 2.35. The Kier molecular flexibility index (Phi) is 4.67. The molecule has 10 nitrogen and oxygen atoms in total. The number of hydrogen-bond acceptors (Lipinski definition) is 7. The average Bonchev–Trinajstić information content (AvgIpc) is 3.25. The van der Waals surface area contributed by atoms with Crippen LogP contribution in [0, 0.1) is 6.92 Å². The van der Waals surface area contributed by atoms with Crippen molar-refractivity contribution in [2.45, 2.75) is 31.8 Å². The van der Waals surface area contributed by atoms with E-state index in [4.69, 9.17) is 4.74 Å². The first kappa shape index (κ1) is 18.3. The maximum atomic E-state index is 12.4. The Morgan fingerprint density at radius 2 is 2.14 bits per heavy atom. The number of H-pyrrole nitrogens is 1. The second kappa shape index (κ2) is 7.15. The maximum absolute atomic E-state index is 12.4. The molecule has 146 valence electrons. The third-order valence-electron chi connectivity index (χ3n) is 4.67. The molecule has 0 radical (unpaired) electrons. The lowest BCUT2D eigenvalue weighted by atomic mass is 10.1. The molecule has 4 rings (SSSR count). The number of fused-ring (bicyclic) bond motifs is 1. The Morgan fingerprint density at radius 3 is 2.82 bits per heavy atom. The van der Waals surface area contributed by atoms with Crippen molar-refractivity contribution in [1.82, 2.24) is 19.5 Å². The van der Waals surface area contributed by atoms with Gasteiger partial charge < -0.3 is 14.9 Å². The first-order valence-corrected chi connectivity index (χ1v) is 8.75. The van der Waals surface area contributed by atoms with Crippen molar-refractivity contribution in [3.63, 3.8) is 0 Å². The fourth-order valence-corrected chi connectivity index (χ4v) is 3.13. The average molecular weight is 385 g/mol. The maximum Gasteiger partial charge on any atom is 0.280 e. The molecule has 0 spiro atoms. The minimum atomic E-state index is -0.838. The molecule has 4 N–H and O–H groups in total. The van der Waals surface area contributed by atoms with Crippen LogP contribution in [0.3, 0.4) is 0 Å². The number of aromatic nitrogens is 4. The van der Waals surface area contributed by atoms with Crippen molar-refractivity contribution in [2.75, 3.05) is 11.9 Å². The summed E-state index contributed by atoms with van der Waals surface area (Å²) in [6.45, 7) is 1.59. The summed E-state index contributed by atoms with van der Waals surface area (Å²) in [7, 11) is 0. The highest BCUT2D eigenvalue weighted by Crippen LogP contribution is 2.30. The van der Waals surface area contributed by atoms with E-state index in [1.807, 2.05) is 19.1 Å². The molecule has 0 saturated carbocycles. The standard InChI is InChI=1S/C18H19N5O5/c1-9-2-4-10(5-3-9)16(26)21-18-20-15-14(17(27)22-18)19-8-23(15)13-6-11(25)12(7-24)28-13/h2-5,8,11-13,24-25H,6-7H2,1H3,(H2,20,21,22,26,27)/t11-,12+,13+/m0/s1. The van der Waals surface area contributed by atoms with Crippen LogP contribution in [-0.2, 0) is 4.74 Å². The van der Waals surface area contributed by atoms with Crippen LogP contribution in [0.4, 0.5) is 5.95 Å². The molecule has 0 unspecified atom stereocenters. The van der Waals surface area contributed by atoms with Gasteiger partial charge in [-0.15, -0.1) is 0 Å². The number of anilines is 1. The highest BCUT2D eigenvalue weighted by molar-refractivity contribution is 6.03. The molecule has 10 heteroatoms. The lowest BCUT2D eigenvalue weighted by Crippen LogP contribution is -2.24. The summed E-state index contributed by atoms with van der Waals surface area (Å²) < 4.78 is 7.11. The van der Waals surface area contributed by atoms with Crippen LogP contribution >= 0.6 is 0 Å². The number of imidazole rings is 1. The number of aromatic amines is 1. The van der Waals surface area contributed by atoms with Gasteiger partial charge in [0.15, 0.2) is 11.2 Å². The number of carbonyl (C=O) groups is 1. The summed E-state index contributed by atoms with van der Waals surface area (Å²) in [5.74, 6) is -0.441. The van der Waals surface area contributed by atoms with E-state index in [1.165, 1.54) is 10.9 Å². The second-order valence-electron chi connectivity index (χ2n) is 6.67. The zero-order chi connectivity index (χ0) is 19.8. The Labute approximate surface area is 158 Å². The summed E-state index contributed by atoms with van der Waals surface area (Å²) in [5.41, 5.74) is 1.22. The smallest absolute Gasteiger partial charge is 0.280 e. The van der Waals surface area contributed by atoms with E-state index in [9.17, 15) is 19.8 Å². The van der Waals surface area contributed by atoms with E-state index in [0.717, 1.165) is 5.56 Å². The van der Waals surface area contributed by atoms with Gasteiger partial charge in [-0.1, -0.05) is 17.7 Å². The van der Waals surface area contributed by atoms with Gasteiger partial charge in [0, 0.05) is 12.0 Å². The van der Waals surface area contributed by atoms with E-state index < -0.39 is 29.9 Å². The molecule has 1 fully saturated rings. The van der Waals surface area contributed by atoms with Crippen LogP contribution in [-0.4, -0.2) is 54.5 Å². The number of carbonyl (C=O) groups excluding carboxylic acids is 1. The molecule has 2 aromatic heterocycles. The fraction of sp³-hybridized carbons (Fsp3) is 0.333. The fourth-order valence-electron chi connectivity index (χ4n) is 3.13. The molecule has 1 aliphatic rings. The number of aliphatic hydroxyl groups excluding tert-OH is 2. The van der Waals surface area contributed by atoms with Gasteiger partial charge in [0.05, 0.1) is 19.0 Å². The van der Waals surface area contributed by atoms with Gasteiger partial charge in [0.2, 0.25) is 5.95 Å². The summed E-state index contributed by atoms with van der Waals surface area (Å²) in [4.78, 5) is 35.5. The molecule has 3 aromatic rings. The Balaban J connectivity index is 1.65. The molecular formula is C18H19N5O5. The quantitative estimate of drug-likeness (QED) is 0.506. The summed E-state index contributed by atoms with van der Waals surface area (Å²) in [6.07, 6.45) is -0.585. The first-order valence-electron chi connectivity index (χ1n) is 8.75. The number of benzene rings is 1. The number of nitrogens with zero attached hydrogens (tertiary/aromatic N) is 3. The van der Waals surface area contributed by atoms with Crippen LogP contribution in [0.15, 0.2) is 35.4 Å². The minimum Gasteiger partial charge on any atom is -0.394 e. The summed E-state index contributed by atoms with van der Waals surface area (Å²) >= 11 is 0. The number of rotatable bonds is 4. The van der Waals surface area contributed by atoms with Crippen molar-refractivity contribution in [1.29, 1.82) is 0 Å². The van der Waals surface area contributed by atoms with Crippen molar-refractivity contribution < 1.29 is 19.7 Å². The van der Waals surface area contributed by atoms with Crippen LogP contribution < -0.4 is 10.9 Å². The van der Waals surface area contributed by atoms with Gasteiger partial charge in [0.1, 0.15) is 12.3 Å². The highest BCUT2D eigenvalue weighted by atomic mass is 16.5. The Hall–Kier alpha value is -3.08. The predicted octanol–water partition coefficient (Wildman–Crippen LogP) is 0.321. The van der Waals surface area contributed by atoms with Crippen molar-refractivity contribution in [3.8, 4) is 0 Å². The molecule has 1 amide bonds. The van der Waals surface area contributed by atoms with E-state index in [1.54, 1.807) is 12.1 Å². The van der Waals surface area contributed by atoms with Gasteiger partial charge >= 0.3 is 0 Å². The zero-order valence-electron chi connectivity index (χ0n) is 15.0. The molecule has 28 heavy (non-hydrogen) atoms. The number of hydrogen-bond donors (Lipinski definition) is 4. The van der Waals surface area contributed by atoms with Crippen molar-refractivity contribution >= 4 is 23.0 Å². The number of amides is 1. The molecule has 3 heterocycles. The number of aryl methyl sites for hydroxylation is 1. The zero-order valence-corrected chi connectivity index (χ0v) is 15.0. The van der Waals surface area contributed by atoms with Gasteiger partial charge in [-0.25, -0.2) is 4.98 Å². The third kappa shape index (κ3) is 3.28. The molecule has 0 aliphatic carbocycles. The molecule has 1 aromatic carbocycles. The number of nitrogens with one attached hydrogen (secondary N) is 2. The van der Waals surface area contributed by atoms with Gasteiger partial charge in [-0.3, -0.25) is 24.5 Å². The Morgan fingerprint density at radius 1 is 1.39 bits per heavy atom. The van der Waals surface area contributed by atoms with Crippen LogP contribution in [0.25, 0.3) is 11.2 Å². The normalized spacial score (nSPS) is 21.9. The molecule has 3 atom stereocenters. The van der Waals surface area contributed by atoms with Gasteiger partial charge in [-0.2, -0.15) is 4.98 Å². The van der Waals surface area contributed by atoms with E-state index >= 15 is 0 Å².